The molecule has 5 nitrogen and oxygen atoms in total. The summed E-state index contributed by atoms with van der Waals surface area (Å²) in [6, 6.07) is 0. The van der Waals surface area contributed by atoms with Crippen molar-refractivity contribution in [1.82, 2.24) is 9.80 Å². The van der Waals surface area contributed by atoms with E-state index in [1.807, 2.05) is 6.92 Å². The number of hydrogen-bond acceptors (Lipinski definition) is 5. The van der Waals surface area contributed by atoms with Gasteiger partial charge in [-0.15, -0.1) is 0 Å². The van der Waals surface area contributed by atoms with Crippen LogP contribution in [-0.4, -0.2) is 73.2 Å². The molecular weight excluding hydrogens is 316 g/mol. The smallest absolute Gasteiger partial charge is 0.110 e. The Morgan fingerprint density at radius 1 is 1.12 bits per heavy atom. The van der Waals surface area contributed by atoms with Crippen LogP contribution in [0, 0.1) is 5.92 Å². The quantitative estimate of drug-likeness (QED) is 0.796. The molecular formula is C20H36N2O3. The van der Waals surface area contributed by atoms with Crippen LogP contribution in [0.3, 0.4) is 0 Å². The van der Waals surface area contributed by atoms with Gasteiger partial charge in [0.1, 0.15) is 12.3 Å². The molecule has 0 spiro atoms. The van der Waals surface area contributed by atoms with Crippen molar-refractivity contribution >= 4 is 0 Å². The summed E-state index contributed by atoms with van der Waals surface area (Å²) in [5, 5.41) is 10.7. The van der Waals surface area contributed by atoms with Gasteiger partial charge in [0.2, 0.25) is 0 Å². The molecule has 2 fully saturated rings. The number of aliphatic hydroxyl groups excluding tert-OH is 1. The first-order valence-electron chi connectivity index (χ1n) is 10.2. The van der Waals surface area contributed by atoms with E-state index in [0.717, 1.165) is 45.6 Å². The van der Waals surface area contributed by atoms with E-state index in [-0.39, 0.29) is 18.4 Å². The largest absolute Gasteiger partial charge is 0.378 e. The molecule has 1 N–H and O–H groups in total. The lowest BCUT2D eigenvalue weighted by atomic mass is 9.87. The highest BCUT2D eigenvalue weighted by Gasteiger charge is 2.32. The van der Waals surface area contributed by atoms with Crippen LogP contribution in [-0.2, 0) is 9.47 Å². The minimum Gasteiger partial charge on any atom is -0.378 e. The Morgan fingerprint density at radius 2 is 1.84 bits per heavy atom. The maximum Gasteiger partial charge on any atom is 0.110 e. The lowest BCUT2D eigenvalue weighted by Crippen LogP contribution is -2.52. The maximum absolute atomic E-state index is 10.7. The standard InChI is InChI=1S/C20H36N2O3/c1-3-25-18-10-9-17(15-19(18)24-2)21-11-13-22(14-12-21)20(23)16-7-5-4-6-8-16/h15-16,18-20,23H,3-14H2,1-2H3. The van der Waals surface area contributed by atoms with Crippen molar-refractivity contribution in [3.63, 3.8) is 0 Å². The molecule has 0 aromatic carbocycles. The van der Waals surface area contributed by atoms with Gasteiger partial charge in [-0.1, -0.05) is 19.3 Å². The summed E-state index contributed by atoms with van der Waals surface area (Å²) in [4.78, 5) is 4.78. The van der Waals surface area contributed by atoms with Gasteiger partial charge in [0, 0.05) is 45.6 Å². The highest BCUT2D eigenvalue weighted by molar-refractivity contribution is 5.12. The highest BCUT2D eigenvalue weighted by Crippen LogP contribution is 2.30. The molecule has 3 aliphatic rings. The summed E-state index contributed by atoms with van der Waals surface area (Å²) in [6.45, 7) is 6.72. The zero-order valence-corrected chi connectivity index (χ0v) is 16.0. The fraction of sp³-hybridized carbons (Fsp3) is 0.900. The number of nitrogens with zero attached hydrogens (tertiary/aromatic N) is 2. The van der Waals surface area contributed by atoms with Crippen molar-refractivity contribution < 1.29 is 14.6 Å². The molecule has 1 saturated carbocycles. The molecule has 1 heterocycles. The third-order valence-corrected chi connectivity index (χ3v) is 6.23. The second kappa shape index (κ2) is 9.36. The topological polar surface area (TPSA) is 45.2 Å². The van der Waals surface area contributed by atoms with Gasteiger partial charge in [-0.05, 0) is 44.6 Å². The fourth-order valence-corrected chi connectivity index (χ4v) is 4.71. The summed E-state index contributed by atoms with van der Waals surface area (Å²) in [6.07, 6.45) is 10.7. The minimum atomic E-state index is -0.239. The van der Waals surface area contributed by atoms with Gasteiger partial charge in [-0.25, -0.2) is 0 Å². The summed E-state index contributed by atoms with van der Waals surface area (Å²) >= 11 is 0. The molecule has 0 aromatic rings. The van der Waals surface area contributed by atoms with Crippen molar-refractivity contribution in [2.45, 2.75) is 70.3 Å². The van der Waals surface area contributed by atoms with Crippen LogP contribution >= 0.6 is 0 Å². The Balaban J connectivity index is 1.51. The Bertz CT molecular complexity index is 429. The average molecular weight is 353 g/mol. The van der Waals surface area contributed by atoms with Crippen LogP contribution in [0.15, 0.2) is 11.8 Å². The third-order valence-electron chi connectivity index (χ3n) is 6.23. The maximum atomic E-state index is 10.7. The first-order valence-corrected chi connectivity index (χ1v) is 10.2. The molecule has 1 saturated heterocycles. The molecule has 3 unspecified atom stereocenters. The predicted molar refractivity (Wildman–Crippen MR) is 99.3 cm³/mol. The third kappa shape index (κ3) is 4.76. The highest BCUT2D eigenvalue weighted by atomic mass is 16.5. The van der Waals surface area contributed by atoms with Gasteiger partial charge in [0.15, 0.2) is 0 Å². The van der Waals surface area contributed by atoms with Crippen molar-refractivity contribution in [1.29, 1.82) is 0 Å². The number of piperazine rings is 1. The number of methoxy groups -OCH3 is 1. The van der Waals surface area contributed by atoms with Crippen LogP contribution < -0.4 is 0 Å². The van der Waals surface area contributed by atoms with E-state index in [9.17, 15) is 5.11 Å². The van der Waals surface area contributed by atoms with E-state index in [1.54, 1.807) is 7.11 Å². The van der Waals surface area contributed by atoms with E-state index >= 15 is 0 Å². The van der Waals surface area contributed by atoms with Gasteiger partial charge in [-0.2, -0.15) is 0 Å². The Kier molecular flexibility index (Phi) is 7.17. The molecule has 3 atom stereocenters. The zero-order chi connectivity index (χ0) is 17.6. The Labute approximate surface area is 153 Å². The molecule has 144 valence electrons. The summed E-state index contributed by atoms with van der Waals surface area (Å²) in [5.41, 5.74) is 1.40. The predicted octanol–water partition coefficient (Wildman–Crippen LogP) is 2.60. The van der Waals surface area contributed by atoms with Gasteiger partial charge < -0.3 is 19.5 Å². The number of aliphatic hydroxyl groups is 1. The monoisotopic (exact) mass is 352 g/mol. The number of hydrogen-bond donors (Lipinski definition) is 1. The van der Waals surface area contributed by atoms with Crippen LogP contribution in [0.5, 0.6) is 0 Å². The first kappa shape index (κ1) is 19.2. The second-order valence-corrected chi connectivity index (χ2v) is 7.73. The van der Waals surface area contributed by atoms with Gasteiger partial charge in [0.05, 0.1) is 6.10 Å². The van der Waals surface area contributed by atoms with Gasteiger partial charge >= 0.3 is 0 Å². The normalized spacial score (nSPS) is 31.0. The summed E-state index contributed by atoms with van der Waals surface area (Å²) < 4.78 is 11.4. The van der Waals surface area contributed by atoms with Gasteiger partial charge in [0.25, 0.3) is 0 Å². The minimum absolute atomic E-state index is 0.0644. The summed E-state index contributed by atoms with van der Waals surface area (Å²) in [5.74, 6) is 0.485. The first-order chi connectivity index (χ1) is 12.2. The molecule has 2 aliphatic carbocycles. The average Bonchev–Trinajstić information content (AvgIpc) is 2.69. The SMILES string of the molecule is CCOC1CCC(N2CCN(C(O)C3CCCCC3)CC2)=CC1OC. The molecule has 5 heteroatoms. The van der Waals surface area contributed by atoms with E-state index < -0.39 is 0 Å². The number of rotatable bonds is 6. The lowest BCUT2D eigenvalue weighted by molar-refractivity contribution is -0.0690. The van der Waals surface area contributed by atoms with Crippen LogP contribution in [0.4, 0.5) is 0 Å². The molecule has 0 amide bonds. The fourth-order valence-electron chi connectivity index (χ4n) is 4.71. The molecule has 25 heavy (non-hydrogen) atoms. The molecule has 0 radical (unpaired) electrons. The Hall–Kier alpha value is -0.620. The molecule has 0 bridgehead atoms. The van der Waals surface area contributed by atoms with Crippen LogP contribution in [0.2, 0.25) is 0 Å². The van der Waals surface area contributed by atoms with Crippen molar-refractivity contribution in [2.75, 3.05) is 39.9 Å². The molecule has 3 rings (SSSR count). The lowest BCUT2D eigenvalue weighted by Gasteiger charge is -2.43. The van der Waals surface area contributed by atoms with Crippen molar-refractivity contribution in [3.05, 3.63) is 11.8 Å². The Morgan fingerprint density at radius 3 is 2.48 bits per heavy atom. The van der Waals surface area contributed by atoms with Crippen LogP contribution in [0.1, 0.15) is 51.9 Å². The molecule has 1 aliphatic heterocycles. The number of ether oxygens (including phenoxy) is 2. The van der Waals surface area contributed by atoms with E-state index in [2.05, 4.69) is 15.9 Å². The van der Waals surface area contributed by atoms with Crippen molar-refractivity contribution in [2.24, 2.45) is 5.92 Å². The second-order valence-electron chi connectivity index (χ2n) is 7.73. The van der Waals surface area contributed by atoms with Gasteiger partial charge in [-0.3, -0.25) is 4.90 Å². The number of allylic oxidation sites excluding steroid dienone is 1. The van der Waals surface area contributed by atoms with E-state index in [0.29, 0.717) is 5.92 Å². The zero-order valence-electron chi connectivity index (χ0n) is 16.0. The van der Waals surface area contributed by atoms with Crippen LogP contribution in [0.25, 0.3) is 0 Å². The summed E-state index contributed by atoms with van der Waals surface area (Å²) in [7, 11) is 1.77. The van der Waals surface area contributed by atoms with Crippen molar-refractivity contribution in [3.8, 4) is 0 Å². The van der Waals surface area contributed by atoms with E-state index in [4.69, 9.17) is 9.47 Å². The van der Waals surface area contributed by atoms with E-state index in [1.165, 1.54) is 37.8 Å². The molecule has 0 aromatic heterocycles.